The standard InChI is InChI=1S/C13H14N2O2/c1-9-4-3-5-10(6-9)11-8-14-15(2)12(11)7-13(16)17/h3-6,8H,7H2,1-2H3,(H,16,17). The molecule has 0 amide bonds. The van der Waals surface area contributed by atoms with Crippen LogP contribution in [0.2, 0.25) is 0 Å². The Morgan fingerprint density at radius 2 is 2.24 bits per heavy atom. The van der Waals surface area contributed by atoms with Crippen LogP contribution in [-0.4, -0.2) is 20.9 Å². The van der Waals surface area contributed by atoms with Gasteiger partial charge in [0.2, 0.25) is 0 Å². The molecule has 0 atom stereocenters. The Labute approximate surface area is 99.5 Å². The molecule has 4 nitrogen and oxygen atoms in total. The topological polar surface area (TPSA) is 55.1 Å². The van der Waals surface area contributed by atoms with Gasteiger partial charge in [0.05, 0.1) is 18.3 Å². The summed E-state index contributed by atoms with van der Waals surface area (Å²) in [6.07, 6.45) is 1.70. The van der Waals surface area contributed by atoms with Gasteiger partial charge in [-0.15, -0.1) is 0 Å². The van der Waals surface area contributed by atoms with E-state index in [-0.39, 0.29) is 6.42 Å². The second-order valence-corrected chi connectivity index (χ2v) is 4.07. The molecular weight excluding hydrogens is 216 g/mol. The van der Waals surface area contributed by atoms with E-state index < -0.39 is 5.97 Å². The second-order valence-electron chi connectivity index (χ2n) is 4.07. The normalized spacial score (nSPS) is 10.5. The number of carbonyl (C=O) groups is 1. The smallest absolute Gasteiger partial charge is 0.309 e. The van der Waals surface area contributed by atoms with Crippen molar-refractivity contribution in [2.75, 3.05) is 0 Å². The van der Waals surface area contributed by atoms with Gasteiger partial charge in [0.15, 0.2) is 0 Å². The van der Waals surface area contributed by atoms with Gasteiger partial charge >= 0.3 is 5.97 Å². The van der Waals surface area contributed by atoms with Gasteiger partial charge < -0.3 is 5.11 Å². The first-order valence-corrected chi connectivity index (χ1v) is 5.37. The molecule has 0 fully saturated rings. The fourth-order valence-corrected chi connectivity index (χ4v) is 1.87. The van der Waals surface area contributed by atoms with Crippen molar-refractivity contribution in [3.8, 4) is 11.1 Å². The molecule has 0 aliphatic heterocycles. The molecule has 2 aromatic rings. The van der Waals surface area contributed by atoms with E-state index in [1.807, 2.05) is 31.2 Å². The summed E-state index contributed by atoms with van der Waals surface area (Å²) in [5, 5.41) is 13.0. The lowest BCUT2D eigenvalue weighted by atomic mass is 10.0. The Hall–Kier alpha value is -2.10. The Kier molecular flexibility index (Phi) is 2.95. The number of hydrogen-bond acceptors (Lipinski definition) is 2. The molecule has 4 heteroatoms. The third-order valence-corrected chi connectivity index (χ3v) is 2.71. The molecule has 2 rings (SSSR count). The van der Waals surface area contributed by atoms with Gasteiger partial charge in [0.25, 0.3) is 0 Å². The van der Waals surface area contributed by atoms with Crippen LogP contribution in [0.5, 0.6) is 0 Å². The molecule has 0 aliphatic rings. The van der Waals surface area contributed by atoms with Crippen LogP contribution in [0.4, 0.5) is 0 Å². The Morgan fingerprint density at radius 1 is 1.47 bits per heavy atom. The summed E-state index contributed by atoms with van der Waals surface area (Å²) in [6, 6.07) is 7.97. The van der Waals surface area contributed by atoms with E-state index in [4.69, 9.17) is 5.11 Å². The van der Waals surface area contributed by atoms with Crippen LogP contribution >= 0.6 is 0 Å². The van der Waals surface area contributed by atoms with Crippen LogP contribution in [-0.2, 0) is 18.3 Å². The zero-order valence-corrected chi connectivity index (χ0v) is 9.84. The highest BCUT2D eigenvalue weighted by molar-refractivity contribution is 5.75. The van der Waals surface area contributed by atoms with E-state index in [0.29, 0.717) is 0 Å². The van der Waals surface area contributed by atoms with Crippen molar-refractivity contribution < 1.29 is 9.90 Å². The maximum atomic E-state index is 10.8. The molecule has 1 N–H and O–H groups in total. The Balaban J connectivity index is 2.48. The first-order valence-electron chi connectivity index (χ1n) is 5.37. The van der Waals surface area contributed by atoms with E-state index in [9.17, 15) is 4.79 Å². The first-order chi connectivity index (χ1) is 8.08. The minimum absolute atomic E-state index is 0.0141. The zero-order chi connectivity index (χ0) is 12.4. The fourth-order valence-electron chi connectivity index (χ4n) is 1.87. The first kappa shape index (κ1) is 11.4. The number of carboxylic acid groups (broad SMARTS) is 1. The maximum Gasteiger partial charge on any atom is 0.309 e. The van der Waals surface area contributed by atoms with Gasteiger partial charge in [-0.05, 0) is 12.5 Å². The number of aryl methyl sites for hydroxylation is 2. The summed E-state index contributed by atoms with van der Waals surface area (Å²) in [5.74, 6) is -0.845. The monoisotopic (exact) mass is 230 g/mol. The molecule has 0 bridgehead atoms. The van der Waals surface area contributed by atoms with Gasteiger partial charge in [0.1, 0.15) is 0 Å². The predicted molar refractivity (Wildman–Crippen MR) is 64.7 cm³/mol. The van der Waals surface area contributed by atoms with Crippen LogP contribution in [0.3, 0.4) is 0 Å². The van der Waals surface area contributed by atoms with Crippen molar-refractivity contribution in [2.45, 2.75) is 13.3 Å². The van der Waals surface area contributed by atoms with Crippen LogP contribution in [0, 0.1) is 6.92 Å². The molecule has 0 saturated carbocycles. The SMILES string of the molecule is Cc1cccc(-c2cnn(C)c2CC(=O)O)c1. The number of benzene rings is 1. The molecule has 17 heavy (non-hydrogen) atoms. The molecule has 0 unspecified atom stereocenters. The number of hydrogen-bond donors (Lipinski definition) is 1. The summed E-state index contributed by atoms with van der Waals surface area (Å²) < 4.78 is 1.62. The number of aromatic nitrogens is 2. The quantitative estimate of drug-likeness (QED) is 0.877. The fraction of sp³-hybridized carbons (Fsp3) is 0.231. The van der Waals surface area contributed by atoms with Gasteiger partial charge in [0, 0.05) is 12.6 Å². The van der Waals surface area contributed by atoms with E-state index in [0.717, 1.165) is 22.4 Å². The molecule has 0 aliphatic carbocycles. The lowest BCUT2D eigenvalue weighted by Gasteiger charge is -2.04. The summed E-state index contributed by atoms with van der Waals surface area (Å²) in [4.78, 5) is 10.8. The van der Waals surface area contributed by atoms with Crippen LogP contribution in [0.15, 0.2) is 30.5 Å². The zero-order valence-electron chi connectivity index (χ0n) is 9.84. The van der Waals surface area contributed by atoms with Crippen molar-refractivity contribution in [1.29, 1.82) is 0 Å². The van der Waals surface area contributed by atoms with E-state index in [1.54, 1.807) is 17.9 Å². The highest BCUT2D eigenvalue weighted by Crippen LogP contribution is 2.24. The highest BCUT2D eigenvalue weighted by Gasteiger charge is 2.13. The number of carboxylic acids is 1. The summed E-state index contributed by atoms with van der Waals surface area (Å²) in [7, 11) is 1.76. The van der Waals surface area contributed by atoms with Gasteiger partial charge in [-0.2, -0.15) is 5.10 Å². The number of nitrogens with zero attached hydrogens (tertiary/aromatic N) is 2. The number of aliphatic carboxylic acids is 1. The summed E-state index contributed by atoms with van der Waals surface area (Å²) in [5.41, 5.74) is 3.77. The van der Waals surface area contributed by atoms with Gasteiger partial charge in [-0.25, -0.2) is 0 Å². The van der Waals surface area contributed by atoms with Crippen LogP contribution < -0.4 is 0 Å². The van der Waals surface area contributed by atoms with Gasteiger partial charge in [-0.1, -0.05) is 29.8 Å². The van der Waals surface area contributed by atoms with Crippen LogP contribution in [0.25, 0.3) is 11.1 Å². The third-order valence-electron chi connectivity index (χ3n) is 2.71. The minimum Gasteiger partial charge on any atom is -0.481 e. The van der Waals surface area contributed by atoms with E-state index in [2.05, 4.69) is 5.10 Å². The molecule has 88 valence electrons. The van der Waals surface area contributed by atoms with E-state index >= 15 is 0 Å². The van der Waals surface area contributed by atoms with Crippen molar-refractivity contribution in [3.63, 3.8) is 0 Å². The average Bonchev–Trinajstić information content (AvgIpc) is 2.60. The molecule has 1 aromatic heterocycles. The van der Waals surface area contributed by atoms with Gasteiger partial charge in [-0.3, -0.25) is 9.48 Å². The van der Waals surface area contributed by atoms with Crippen LogP contribution in [0.1, 0.15) is 11.3 Å². The van der Waals surface area contributed by atoms with Crippen molar-refractivity contribution in [2.24, 2.45) is 7.05 Å². The van der Waals surface area contributed by atoms with Crippen molar-refractivity contribution in [3.05, 3.63) is 41.7 Å². The lowest BCUT2D eigenvalue weighted by molar-refractivity contribution is -0.136. The average molecular weight is 230 g/mol. The molecule has 0 spiro atoms. The van der Waals surface area contributed by atoms with Crippen molar-refractivity contribution in [1.82, 2.24) is 9.78 Å². The highest BCUT2D eigenvalue weighted by atomic mass is 16.4. The molecule has 1 heterocycles. The number of rotatable bonds is 3. The Morgan fingerprint density at radius 3 is 2.88 bits per heavy atom. The largest absolute Gasteiger partial charge is 0.481 e. The second kappa shape index (κ2) is 4.41. The molecule has 0 saturated heterocycles. The summed E-state index contributed by atoms with van der Waals surface area (Å²) >= 11 is 0. The maximum absolute atomic E-state index is 10.8. The lowest BCUT2D eigenvalue weighted by Crippen LogP contribution is -2.07. The molecular formula is C13H14N2O2. The van der Waals surface area contributed by atoms with E-state index in [1.165, 1.54) is 0 Å². The van der Waals surface area contributed by atoms with Crippen molar-refractivity contribution >= 4 is 5.97 Å². The third kappa shape index (κ3) is 2.36. The molecule has 0 radical (unpaired) electrons. The summed E-state index contributed by atoms with van der Waals surface area (Å²) in [6.45, 7) is 2.01. The minimum atomic E-state index is -0.845. The Bertz CT molecular complexity index is 558. The predicted octanol–water partition coefficient (Wildman–Crippen LogP) is 2.02. The molecule has 1 aromatic carbocycles.